The quantitative estimate of drug-likeness (QED) is 0.317. The second kappa shape index (κ2) is 6.69. The predicted molar refractivity (Wildman–Crippen MR) is 73.8 cm³/mol. The summed E-state index contributed by atoms with van der Waals surface area (Å²) in [5, 5.41) is 60.7. The molecule has 0 aromatic rings. The van der Waals surface area contributed by atoms with Gasteiger partial charge in [-0.05, 0) is 12.8 Å². The molecule has 6 N–H and O–H groups in total. The number of aliphatic hydroxyl groups is 6. The minimum atomic E-state index is -3.09. The van der Waals surface area contributed by atoms with E-state index in [1.165, 1.54) is 0 Å². The van der Waals surface area contributed by atoms with E-state index < -0.39 is 47.2 Å². The van der Waals surface area contributed by atoms with Crippen LogP contribution in [-0.2, 0) is 9.59 Å². The van der Waals surface area contributed by atoms with Crippen molar-refractivity contribution in [3.05, 3.63) is 0 Å². The standard InChI is InChI=1S/C14H24O8/c1-3-5-7(15)13(21)11(19)9(17)10(18)12(20)14(13,22)8(16)6-4-2/h9-12,17-22H,3-6H2,1-2H3/t9-,10-,11-,12-,13+,14+/m0/s1. The minimum Gasteiger partial charge on any atom is -0.387 e. The first-order valence-electron chi connectivity index (χ1n) is 7.34. The van der Waals surface area contributed by atoms with Crippen molar-refractivity contribution < 1.29 is 40.2 Å². The topological polar surface area (TPSA) is 156 Å². The molecule has 1 aliphatic rings. The molecular formula is C14H24O8. The molecule has 0 radical (unpaired) electrons. The number of hydrogen-bond acceptors (Lipinski definition) is 8. The summed E-state index contributed by atoms with van der Waals surface area (Å²) in [6.07, 6.45) is -8.87. The van der Waals surface area contributed by atoms with E-state index in [0.717, 1.165) is 0 Å². The van der Waals surface area contributed by atoms with Crippen molar-refractivity contribution in [3.8, 4) is 0 Å². The summed E-state index contributed by atoms with van der Waals surface area (Å²) in [5.74, 6) is -2.17. The summed E-state index contributed by atoms with van der Waals surface area (Å²) in [5.41, 5.74) is -6.18. The van der Waals surface area contributed by atoms with Crippen molar-refractivity contribution in [1.29, 1.82) is 0 Å². The Morgan fingerprint density at radius 3 is 1.27 bits per heavy atom. The van der Waals surface area contributed by atoms with Crippen LogP contribution in [0.1, 0.15) is 39.5 Å². The number of aliphatic hydroxyl groups excluding tert-OH is 4. The number of carbonyl (C=O) groups is 2. The van der Waals surface area contributed by atoms with Gasteiger partial charge in [-0.1, -0.05) is 13.8 Å². The summed E-state index contributed by atoms with van der Waals surface area (Å²) in [7, 11) is 0. The highest BCUT2D eigenvalue weighted by atomic mass is 16.4. The number of hydrogen-bond donors (Lipinski definition) is 6. The highest BCUT2D eigenvalue weighted by molar-refractivity contribution is 6.00. The molecule has 8 nitrogen and oxygen atoms in total. The highest BCUT2D eigenvalue weighted by Crippen LogP contribution is 2.41. The van der Waals surface area contributed by atoms with Crippen LogP contribution < -0.4 is 0 Å². The van der Waals surface area contributed by atoms with Crippen molar-refractivity contribution >= 4 is 11.6 Å². The second-order valence-electron chi connectivity index (χ2n) is 5.75. The van der Waals surface area contributed by atoms with Gasteiger partial charge in [0.05, 0.1) is 0 Å². The maximum atomic E-state index is 12.2. The van der Waals surface area contributed by atoms with Crippen molar-refractivity contribution in [2.24, 2.45) is 0 Å². The maximum Gasteiger partial charge on any atom is 0.190 e. The number of ketones is 2. The monoisotopic (exact) mass is 320 g/mol. The summed E-state index contributed by atoms with van der Waals surface area (Å²) in [6, 6.07) is 0. The van der Waals surface area contributed by atoms with Gasteiger partial charge in [0.1, 0.15) is 24.4 Å². The molecule has 0 saturated heterocycles. The molecule has 0 aromatic heterocycles. The van der Waals surface area contributed by atoms with E-state index in [1.54, 1.807) is 13.8 Å². The third kappa shape index (κ3) is 2.49. The largest absolute Gasteiger partial charge is 0.387 e. The summed E-state index contributed by atoms with van der Waals surface area (Å²) < 4.78 is 0. The third-order valence-corrected chi connectivity index (χ3v) is 4.24. The molecule has 0 bridgehead atoms. The molecular weight excluding hydrogens is 296 g/mol. The highest BCUT2D eigenvalue weighted by Gasteiger charge is 2.72. The van der Waals surface area contributed by atoms with E-state index in [0.29, 0.717) is 0 Å². The van der Waals surface area contributed by atoms with Gasteiger partial charge in [-0.2, -0.15) is 0 Å². The van der Waals surface area contributed by atoms with E-state index >= 15 is 0 Å². The van der Waals surface area contributed by atoms with Crippen molar-refractivity contribution in [2.75, 3.05) is 0 Å². The van der Waals surface area contributed by atoms with E-state index in [1.807, 2.05) is 0 Å². The van der Waals surface area contributed by atoms with Gasteiger partial charge in [-0.3, -0.25) is 9.59 Å². The van der Waals surface area contributed by atoms with Crippen LogP contribution in [0.15, 0.2) is 0 Å². The van der Waals surface area contributed by atoms with E-state index in [4.69, 9.17) is 0 Å². The molecule has 128 valence electrons. The van der Waals surface area contributed by atoms with Gasteiger partial charge in [0, 0.05) is 12.8 Å². The fourth-order valence-electron chi connectivity index (χ4n) is 2.91. The van der Waals surface area contributed by atoms with Gasteiger partial charge >= 0.3 is 0 Å². The number of carbonyl (C=O) groups excluding carboxylic acids is 2. The lowest BCUT2D eigenvalue weighted by Gasteiger charge is -2.53. The fraction of sp³-hybridized carbons (Fsp3) is 0.857. The van der Waals surface area contributed by atoms with E-state index in [-0.39, 0.29) is 25.7 Å². The molecule has 1 rings (SSSR count). The summed E-state index contributed by atoms with van der Waals surface area (Å²) in [4.78, 5) is 24.5. The molecule has 0 amide bonds. The van der Waals surface area contributed by atoms with Crippen LogP contribution in [0.5, 0.6) is 0 Å². The zero-order valence-electron chi connectivity index (χ0n) is 12.6. The van der Waals surface area contributed by atoms with E-state index in [9.17, 15) is 40.2 Å². The molecule has 6 atom stereocenters. The van der Waals surface area contributed by atoms with Crippen molar-refractivity contribution in [3.63, 3.8) is 0 Å². The van der Waals surface area contributed by atoms with Crippen LogP contribution in [0, 0.1) is 0 Å². The van der Waals surface area contributed by atoms with Crippen LogP contribution in [0.2, 0.25) is 0 Å². The van der Waals surface area contributed by atoms with Gasteiger partial charge < -0.3 is 30.6 Å². The van der Waals surface area contributed by atoms with Crippen LogP contribution in [0.3, 0.4) is 0 Å². The smallest absolute Gasteiger partial charge is 0.190 e. The lowest BCUT2D eigenvalue weighted by molar-refractivity contribution is -0.290. The van der Waals surface area contributed by atoms with Crippen LogP contribution in [-0.4, -0.2) is 77.8 Å². The van der Waals surface area contributed by atoms with Crippen LogP contribution >= 0.6 is 0 Å². The molecule has 1 fully saturated rings. The summed E-state index contributed by atoms with van der Waals surface area (Å²) in [6.45, 7) is 3.20. The second-order valence-corrected chi connectivity index (χ2v) is 5.75. The molecule has 0 unspecified atom stereocenters. The van der Waals surface area contributed by atoms with Gasteiger partial charge in [-0.25, -0.2) is 0 Å². The Bertz CT molecular complexity index is 399. The molecule has 0 heterocycles. The first kappa shape index (κ1) is 19.1. The number of Topliss-reactive ketones (excluding diaryl/α,β-unsaturated/α-hetero) is 2. The Labute approximate surface area is 128 Å². The Kier molecular flexibility index (Phi) is 5.82. The molecule has 8 heteroatoms. The first-order valence-corrected chi connectivity index (χ1v) is 7.34. The lowest BCUT2D eigenvalue weighted by atomic mass is 9.61. The third-order valence-electron chi connectivity index (χ3n) is 4.24. The Balaban J connectivity index is 3.48. The molecule has 22 heavy (non-hydrogen) atoms. The molecule has 0 aromatic carbocycles. The van der Waals surface area contributed by atoms with Gasteiger partial charge in [0.15, 0.2) is 22.8 Å². The predicted octanol–water partition coefficient (Wildman–Crippen LogP) is -2.36. The molecule has 1 aliphatic carbocycles. The first-order chi connectivity index (χ1) is 10.1. The normalized spacial score (nSPS) is 42.2. The Morgan fingerprint density at radius 2 is 1.05 bits per heavy atom. The van der Waals surface area contributed by atoms with Crippen LogP contribution in [0.4, 0.5) is 0 Å². The molecule has 0 aliphatic heterocycles. The number of rotatable bonds is 6. The van der Waals surface area contributed by atoms with Gasteiger partial charge in [0.25, 0.3) is 0 Å². The SMILES string of the molecule is CCCC(=O)[C@@]1(O)[C@@H](O)[C@@H](O)[C@H](O)[C@H](O)[C@]1(O)C(=O)CCC. The zero-order chi connectivity index (χ0) is 17.3. The van der Waals surface area contributed by atoms with Gasteiger partial charge in [-0.15, -0.1) is 0 Å². The summed E-state index contributed by atoms with van der Waals surface area (Å²) >= 11 is 0. The lowest BCUT2D eigenvalue weighted by Crippen LogP contribution is -2.82. The van der Waals surface area contributed by atoms with Gasteiger partial charge in [0.2, 0.25) is 0 Å². The average Bonchev–Trinajstić information content (AvgIpc) is 2.49. The fourth-order valence-corrected chi connectivity index (χ4v) is 2.91. The maximum absolute atomic E-state index is 12.2. The van der Waals surface area contributed by atoms with Crippen molar-refractivity contribution in [2.45, 2.75) is 75.1 Å². The van der Waals surface area contributed by atoms with E-state index in [2.05, 4.69) is 0 Å². The molecule has 0 spiro atoms. The Hall–Kier alpha value is -0.900. The molecule has 1 saturated carbocycles. The average molecular weight is 320 g/mol. The zero-order valence-corrected chi connectivity index (χ0v) is 12.6. The Morgan fingerprint density at radius 1 is 0.773 bits per heavy atom. The van der Waals surface area contributed by atoms with Crippen molar-refractivity contribution in [1.82, 2.24) is 0 Å². The minimum absolute atomic E-state index is 0.251. The van der Waals surface area contributed by atoms with Crippen LogP contribution in [0.25, 0.3) is 0 Å².